The van der Waals surface area contributed by atoms with Gasteiger partial charge in [-0.25, -0.2) is 0 Å². The van der Waals surface area contributed by atoms with Gasteiger partial charge < -0.3 is 54.9 Å². The van der Waals surface area contributed by atoms with E-state index in [1.165, 1.54) is 6.92 Å². The lowest BCUT2D eigenvalue weighted by Crippen LogP contribution is -2.67. The van der Waals surface area contributed by atoms with E-state index in [2.05, 4.69) is 15.3 Å². The zero-order valence-electron chi connectivity index (χ0n) is 17.4. The summed E-state index contributed by atoms with van der Waals surface area (Å²) in [5.74, 6) is -0.519. The Hall–Kier alpha value is -1.62. The van der Waals surface area contributed by atoms with Crippen molar-refractivity contribution in [2.75, 3.05) is 26.4 Å². The lowest BCUT2D eigenvalue weighted by Gasteiger charge is -2.47. The second-order valence-corrected chi connectivity index (χ2v) is 7.42. The van der Waals surface area contributed by atoms with Gasteiger partial charge in [0.2, 0.25) is 5.91 Å². The summed E-state index contributed by atoms with van der Waals surface area (Å²) in [6, 6.07) is -1.15. The van der Waals surface area contributed by atoms with E-state index in [1.54, 1.807) is 0 Å². The van der Waals surface area contributed by atoms with Gasteiger partial charge in [-0.05, 0) is 12.0 Å². The van der Waals surface area contributed by atoms with Crippen molar-refractivity contribution in [2.24, 2.45) is 5.11 Å². The molecule has 184 valence electrons. The van der Waals surface area contributed by atoms with Crippen LogP contribution in [0.25, 0.3) is 10.4 Å². The van der Waals surface area contributed by atoms with E-state index in [9.17, 15) is 35.4 Å². The minimum atomic E-state index is -1.74. The first-order valence-corrected chi connectivity index (χ1v) is 10.0. The molecule has 0 spiro atoms. The molecule has 2 heterocycles. The first kappa shape index (κ1) is 26.6. The van der Waals surface area contributed by atoms with E-state index < -0.39 is 80.5 Å². The second-order valence-electron chi connectivity index (χ2n) is 7.42. The first-order valence-electron chi connectivity index (χ1n) is 10.0. The highest BCUT2D eigenvalue weighted by atomic mass is 16.7. The van der Waals surface area contributed by atoms with Gasteiger partial charge in [0, 0.05) is 25.0 Å². The smallest absolute Gasteiger partial charge is 0.217 e. The molecule has 0 bridgehead atoms. The Labute approximate surface area is 183 Å². The molecule has 1 amide bonds. The van der Waals surface area contributed by atoms with Gasteiger partial charge in [-0.2, -0.15) is 0 Å². The average Bonchev–Trinajstić information content (AvgIpc) is 2.77. The highest BCUT2D eigenvalue weighted by molar-refractivity contribution is 5.73. The molecule has 10 atom stereocenters. The average molecular weight is 466 g/mol. The largest absolute Gasteiger partial charge is 0.394 e. The molecular formula is C17H30N4O11. The predicted molar refractivity (Wildman–Crippen MR) is 103 cm³/mol. The first-order chi connectivity index (χ1) is 15.2. The van der Waals surface area contributed by atoms with Crippen LogP contribution >= 0.6 is 0 Å². The maximum absolute atomic E-state index is 11.6. The number of aliphatic hydroxyl groups is 6. The Balaban J connectivity index is 2.14. The van der Waals surface area contributed by atoms with Gasteiger partial charge in [0.15, 0.2) is 12.6 Å². The van der Waals surface area contributed by atoms with Crippen LogP contribution in [0.5, 0.6) is 0 Å². The Bertz CT molecular complexity index is 650. The molecule has 32 heavy (non-hydrogen) atoms. The molecule has 4 unspecified atom stereocenters. The van der Waals surface area contributed by atoms with Crippen molar-refractivity contribution < 1.29 is 54.4 Å². The van der Waals surface area contributed by atoms with E-state index >= 15 is 0 Å². The van der Waals surface area contributed by atoms with Gasteiger partial charge in [-0.15, -0.1) is 0 Å². The second kappa shape index (κ2) is 12.6. The normalized spacial score (nSPS) is 39.8. The molecule has 2 fully saturated rings. The molecule has 0 radical (unpaired) electrons. The molecule has 0 aromatic rings. The number of carbonyl (C=O) groups is 1. The zero-order valence-corrected chi connectivity index (χ0v) is 17.4. The number of aliphatic hydroxyl groups excluding tert-OH is 6. The van der Waals surface area contributed by atoms with E-state index in [0.717, 1.165) is 0 Å². The molecule has 0 aromatic carbocycles. The number of hydrogen-bond donors (Lipinski definition) is 7. The molecule has 15 nitrogen and oxygen atoms in total. The summed E-state index contributed by atoms with van der Waals surface area (Å²) >= 11 is 0. The van der Waals surface area contributed by atoms with Gasteiger partial charge >= 0.3 is 0 Å². The number of hydrogen-bond acceptors (Lipinski definition) is 12. The maximum atomic E-state index is 11.6. The standard InChI is InChI=1S/C17H30N4O11/c1-7(24)20-10-12(26)15(9(6-23)31-16(10)29-4-2-3-19-21-18)32-17-14(28)13(27)11(25)8(5-22)30-17/h8-17,22-23,25-28H,2-6H2,1H3,(H,20,24)/t8?,9?,10-,11-,12?,13?,14-,15+,16+,17-/m0/s1. The highest BCUT2D eigenvalue weighted by Crippen LogP contribution is 2.29. The molecule has 0 saturated carbocycles. The van der Waals surface area contributed by atoms with Crippen LogP contribution in [0.1, 0.15) is 13.3 Å². The molecular weight excluding hydrogens is 436 g/mol. The number of amides is 1. The third-order valence-electron chi connectivity index (χ3n) is 5.11. The van der Waals surface area contributed by atoms with Crippen LogP contribution in [0.2, 0.25) is 0 Å². The topological polar surface area (TPSA) is 236 Å². The van der Waals surface area contributed by atoms with E-state index in [-0.39, 0.29) is 13.2 Å². The molecule has 7 N–H and O–H groups in total. The molecule has 0 aliphatic carbocycles. The minimum absolute atomic E-state index is 0.0584. The molecule has 2 saturated heterocycles. The number of nitrogens with one attached hydrogen (secondary N) is 1. The van der Waals surface area contributed by atoms with Crippen molar-refractivity contribution in [1.29, 1.82) is 0 Å². The third kappa shape index (κ3) is 6.46. The lowest BCUT2D eigenvalue weighted by molar-refractivity contribution is -0.348. The summed E-state index contributed by atoms with van der Waals surface area (Å²) in [5.41, 5.74) is 8.30. The maximum Gasteiger partial charge on any atom is 0.217 e. The fourth-order valence-electron chi connectivity index (χ4n) is 3.48. The number of nitrogens with zero attached hydrogens (tertiary/aromatic N) is 3. The van der Waals surface area contributed by atoms with Crippen molar-refractivity contribution in [1.82, 2.24) is 5.32 Å². The number of carbonyl (C=O) groups excluding carboxylic acids is 1. The predicted octanol–water partition coefficient (Wildman–Crippen LogP) is -3.53. The number of ether oxygens (including phenoxy) is 4. The lowest BCUT2D eigenvalue weighted by atomic mass is 9.95. The van der Waals surface area contributed by atoms with E-state index in [4.69, 9.17) is 24.5 Å². The van der Waals surface area contributed by atoms with Crippen LogP contribution in [0.3, 0.4) is 0 Å². The van der Waals surface area contributed by atoms with Crippen molar-refractivity contribution in [3.05, 3.63) is 10.4 Å². The summed E-state index contributed by atoms with van der Waals surface area (Å²) in [4.78, 5) is 14.3. The molecule has 2 aliphatic rings. The van der Waals surface area contributed by atoms with Gasteiger partial charge in [-0.1, -0.05) is 5.11 Å². The SMILES string of the molecule is CC(=O)N[C@H]1C(O)[C@H](O[C@@H]2OC(CO)[C@H](O)C(O)[C@@H]2O)C(CO)O[C@H]1OCCCN=[N+]=[N-]. The Kier molecular flexibility index (Phi) is 10.5. The van der Waals surface area contributed by atoms with Crippen LogP contribution in [-0.4, -0.2) is 124 Å². The summed E-state index contributed by atoms with van der Waals surface area (Å²) in [7, 11) is 0. The van der Waals surface area contributed by atoms with Crippen molar-refractivity contribution >= 4 is 5.91 Å². The van der Waals surface area contributed by atoms with Gasteiger partial charge in [-0.3, -0.25) is 4.79 Å². The molecule has 2 rings (SSSR count). The van der Waals surface area contributed by atoms with Gasteiger partial charge in [0.25, 0.3) is 0 Å². The summed E-state index contributed by atoms with van der Waals surface area (Å²) < 4.78 is 22.0. The van der Waals surface area contributed by atoms with Crippen molar-refractivity contribution in [3.63, 3.8) is 0 Å². The highest BCUT2D eigenvalue weighted by Gasteiger charge is 2.51. The fraction of sp³-hybridized carbons (Fsp3) is 0.941. The molecule has 15 heteroatoms. The quantitative estimate of drug-likeness (QED) is 0.0720. The molecule has 2 aliphatic heterocycles. The summed E-state index contributed by atoms with van der Waals surface area (Å²) in [5, 5.41) is 65.8. The zero-order chi connectivity index (χ0) is 23.8. The van der Waals surface area contributed by atoms with Crippen LogP contribution in [-0.2, 0) is 23.7 Å². The number of azide groups is 1. The van der Waals surface area contributed by atoms with Crippen LogP contribution in [0, 0.1) is 0 Å². The summed E-state index contributed by atoms with van der Waals surface area (Å²) in [6.07, 6.45) is -12.8. The van der Waals surface area contributed by atoms with Crippen LogP contribution in [0.15, 0.2) is 5.11 Å². The van der Waals surface area contributed by atoms with Gasteiger partial charge in [0.1, 0.15) is 48.8 Å². The monoisotopic (exact) mass is 466 g/mol. The Morgan fingerprint density at radius 3 is 2.28 bits per heavy atom. The van der Waals surface area contributed by atoms with E-state index in [0.29, 0.717) is 6.42 Å². The third-order valence-corrected chi connectivity index (χ3v) is 5.11. The van der Waals surface area contributed by atoms with Crippen LogP contribution < -0.4 is 5.32 Å². The Morgan fingerprint density at radius 1 is 1.03 bits per heavy atom. The molecule has 0 aromatic heterocycles. The summed E-state index contributed by atoms with van der Waals surface area (Å²) in [6.45, 7) is 0.0888. The Morgan fingerprint density at radius 2 is 1.69 bits per heavy atom. The minimum Gasteiger partial charge on any atom is -0.394 e. The fourth-order valence-corrected chi connectivity index (χ4v) is 3.48. The van der Waals surface area contributed by atoms with Crippen LogP contribution in [0.4, 0.5) is 0 Å². The van der Waals surface area contributed by atoms with Crippen molar-refractivity contribution in [2.45, 2.75) is 74.7 Å². The van der Waals surface area contributed by atoms with Crippen molar-refractivity contribution in [3.8, 4) is 0 Å². The number of rotatable bonds is 10. The van der Waals surface area contributed by atoms with Gasteiger partial charge in [0.05, 0.1) is 13.2 Å². The van der Waals surface area contributed by atoms with E-state index in [1.807, 2.05) is 0 Å².